The molecule has 0 bridgehead atoms. The molecule has 0 saturated carbocycles. The van der Waals surface area contributed by atoms with Gasteiger partial charge in [0.2, 0.25) is 5.88 Å². The maximum Gasteiger partial charge on any atom is 0.339 e. The van der Waals surface area contributed by atoms with Crippen molar-refractivity contribution in [3.8, 4) is 5.88 Å². The zero-order chi connectivity index (χ0) is 13.0. The second-order valence-corrected chi connectivity index (χ2v) is 3.07. The molecule has 7 heteroatoms. The van der Waals surface area contributed by atoms with E-state index < -0.39 is 18.0 Å². The van der Waals surface area contributed by atoms with Gasteiger partial charge < -0.3 is 15.2 Å². The molecule has 1 heterocycles. The number of rotatable bonds is 4. The SMILES string of the molecule is COC(=O)c1cnc(OC)c(C(F)F)c1CN. The highest BCUT2D eigenvalue weighted by molar-refractivity contribution is 5.91. The van der Waals surface area contributed by atoms with E-state index in [1.54, 1.807) is 0 Å². The molecule has 0 aliphatic carbocycles. The van der Waals surface area contributed by atoms with Gasteiger partial charge in [-0.25, -0.2) is 18.6 Å². The van der Waals surface area contributed by atoms with Crippen molar-refractivity contribution in [2.24, 2.45) is 5.73 Å². The first-order valence-electron chi connectivity index (χ1n) is 4.69. The van der Waals surface area contributed by atoms with E-state index in [-0.39, 0.29) is 23.6 Å². The summed E-state index contributed by atoms with van der Waals surface area (Å²) in [4.78, 5) is 15.0. The number of esters is 1. The molecule has 0 saturated heterocycles. The van der Waals surface area contributed by atoms with E-state index in [0.29, 0.717) is 0 Å². The molecular formula is C10H12F2N2O3. The second kappa shape index (κ2) is 5.53. The summed E-state index contributed by atoms with van der Waals surface area (Å²) < 4.78 is 34.9. The van der Waals surface area contributed by atoms with Gasteiger partial charge in [0.05, 0.1) is 25.3 Å². The molecule has 1 aromatic rings. The third-order valence-electron chi connectivity index (χ3n) is 2.21. The molecule has 1 rings (SSSR count). The van der Waals surface area contributed by atoms with Gasteiger partial charge in [-0.15, -0.1) is 0 Å². The number of hydrogen-bond acceptors (Lipinski definition) is 5. The van der Waals surface area contributed by atoms with Crippen LogP contribution in [0.15, 0.2) is 6.20 Å². The lowest BCUT2D eigenvalue weighted by atomic mass is 10.0. The van der Waals surface area contributed by atoms with Crippen LogP contribution in [0.2, 0.25) is 0 Å². The van der Waals surface area contributed by atoms with Crippen LogP contribution < -0.4 is 10.5 Å². The molecule has 0 radical (unpaired) electrons. The predicted octanol–water partition coefficient (Wildman–Crippen LogP) is 1.27. The minimum atomic E-state index is -2.83. The standard InChI is InChI=1S/C10H12F2N2O3/c1-16-9-7(8(11)12)5(3-13)6(4-14-9)10(15)17-2/h4,8H,3,13H2,1-2H3. The predicted molar refractivity (Wildman–Crippen MR) is 55.0 cm³/mol. The van der Waals surface area contributed by atoms with Gasteiger partial charge in [0.15, 0.2) is 0 Å². The Hall–Kier alpha value is -1.76. The van der Waals surface area contributed by atoms with E-state index in [4.69, 9.17) is 10.5 Å². The number of carbonyl (C=O) groups excluding carboxylic acids is 1. The van der Waals surface area contributed by atoms with Gasteiger partial charge in [0.1, 0.15) is 0 Å². The number of nitrogens with two attached hydrogens (primary N) is 1. The zero-order valence-electron chi connectivity index (χ0n) is 9.37. The van der Waals surface area contributed by atoms with Gasteiger partial charge in [-0.1, -0.05) is 0 Å². The molecule has 0 aliphatic rings. The summed E-state index contributed by atoms with van der Waals surface area (Å²) >= 11 is 0. The number of ether oxygens (including phenoxy) is 2. The number of carbonyl (C=O) groups is 1. The summed E-state index contributed by atoms with van der Waals surface area (Å²) in [6.07, 6.45) is -1.72. The summed E-state index contributed by atoms with van der Waals surface area (Å²) in [6.45, 7) is -0.233. The molecule has 5 nitrogen and oxygen atoms in total. The van der Waals surface area contributed by atoms with Crippen molar-refractivity contribution in [1.82, 2.24) is 4.98 Å². The van der Waals surface area contributed by atoms with E-state index in [1.807, 2.05) is 0 Å². The normalized spacial score (nSPS) is 10.5. The third kappa shape index (κ3) is 2.50. The Morgan fingerprint density at radius 3 is 2.59 bits per heavy atom. The van der Waals surface area contributed by atoms with Gasteiger partial charge in [0.25, 0.3) is 6.43 Å². The van der Waals surface area contributed by atoms with Crippen molar-refractivity contribution in [1.29, 1.82) is 0 Å². The summed E-state index contributed by atoms with van der Waals surface area (Å²) in [7, 11) is 2.36. The Morgan fingerprint density at radius 1 is 1.53 bits per heavy atom. The molecular weight excluding hydrogens is 234 g/mol. The number of methoxy groups -OCH3 is 2. The number of halogens is 2. The van der Waals surface area contributed by atoms with Crippen LogP contribution in [0.3, 0.4) is 0 Å². The molecule has 0 unspecified atom stereocenters. The van der Waals surface area contributed by atoms with Crippen molar-refractivity contribution >= 4 is 5.97 Å². The van der Waals surface area contributed by atoms with Crippen molar-refractivity contribution in [3.05, 3.63) is 22.9 Å². The molecule has 0 atom stereocenters. The first-order valence-corrected chi connectivity index (χ1v) is 4.69. The van der Waals surface area contributed by atoms with Crippen LogP contribution in [0.1, 0.15) is 27.9 Å². The van der Waals surface area contributed by atoms with Crippen LogP contribution >= 0.6 is 0 Å². The molecule has 0 fully saturated rings. The fourth-order valence-corrected chi connectivity index (χ4v) is 1.44. The lowest BCUT2D eigenvalue weighted by molar-refractivity contribution is 0.0598. The fraction of sp³-hybridized carbons (Fsp3) is 0.400. The van der Waals surface area contributed by atoms with Crippen molar-refractivity contribution in [3.63, 3.8) is 0 Å². The summed E-state index contributed by atoms with van der Waals surface area (Å²) in [6, 6.07) is 0. The minimum absolute atomic E-state index is 0.0151. The maximum atomic E-state index is 12.9. The number of pyridine rings is 1. The van der Waals surface area contributed by atoms with Crippen molar-refractivity contribution in [2.45, 2.75) is 13.0 Å². The average molecular weight is 246 g/mol. The molecule has 17 heavy (non-hydrogen) atoms. The number of nitrogens with zero attached hydrogens (tertiary/aromatic N) is 1. The second-order valence-electron chi connectivity index (χ2n) is 3.07. The van der Waals surface area contributed by atoms with E-state index in [0.717, 1.165) is 13.3 Å². The van der Waals surface area contributed by atoms with Gasteiger partial charge >= 0.3 is 5.97 Å². The Balaban J connectivity index is 3.46. The van der Waals surface area contributed by atoms with Gasteiger partial charge in [0, 0.05) is 12.7 Å². The number of hydrogen-bond donors (Lipinski definition) is 1. The van der Waals surface area contributed by atoms with Crippen molar-refractivity contribution < 1.29 is 23.0 Å². The van der Waals surface area contributed by atoms with Crippen LogP contribution in [-0.2, 0) is 11.3 Å². The molecule has 0 amide bonds. The first kappa shape index (κ1) is 13.3. The van der Waals surface area contributed by atoms with Gasteiger partial charge in [-0.3, -0.25) is 0 Å². The topological polar surface area (TPSA) is 74.4 Å². The van der Waals surface area contributed by atoms with Crippen LogP contribution in [0.5, 0.6) is 5.88 Å². The zero-order valence-corrected chi connectivity index (χ0v) is 9.37. The molecule has 0 spiro atoms. The van der Waals surface area contributed by atoms with E-state index in [1.165, 1.54) is 7.11 Å². The molecule has 94 valence electrons. The lowest BCUT2D eigenvalue weighted by Crippen LogP contribution is -2.14. The highest BCUT2D eigenvalue weighted by atomic mass is 19.3. The van der Waals surface area contributed by atoms with E-state index in [9.17, 15) is 13.6 Å². The van der Waals surface area contributed by atoms with Crippen LogP contribution in [0.4, 0.5) is 8.78 Å². The number of alkyl halides is 2. The fourth-order valence-electron chi connectivity index (χ4n) is 1.44. The summed E-state index contributed by atoms with van der Waals surface area (Å²) in [5.41, 5.74) is 4.81. The Kier molecular flexibility index (Phi) is 4.33. The maximum absolute atomic E-state index is 12.9. The molecule has 0 aromatic carbocycles. The molecule has 2 N–H and O–H groups in total. The van der Waals surface area contributed by atoms with Crippen LogP contribution in [0, 0.1) is 0 Å². The van der Waals surface area contributed by atoms with E-state index >= 15 is 0 Å². The highest BCUT2D eigenvalue weighted by Crippen LogP contribution is 2.32. The summed E-state index contributed by atoms with van der Waals surface area (Å²) in [5.74, 6) is -1.00. The third-order valence-corrected chi connectivity index (χ3v) is 2.21. The van der Waals surface area contributed by atoms with Crippen molar-refractivity contribution in [2.75, 3.05) is 14.2 Å². The Morgan fingerprint density at radius 2 is 2.18 bits per heavy atom. The van der Waals surface area contributed by atoms with Crippen LogP contribution in [0.25, 0.3) is 0 Å². The number of aromatic nitrogens is 1. The van der Waals surface area contributed by atoms with Crippen LogP contribution in [-0.4, -0.2) is 25.2 Å². The lowest BCUT2D eigenvalue weighted by Gasteiger charge is -2.14. The smallest absolute Gasteiger partial charge is 0.339 e. The average Bonchev–Trinajstić information content (AvgIpc) is 2.35. The first-order chi connectivity index (χ1) is 8.06. The quantitative estimate of drug-likeness (QED) is 0.810. The van der Waals surface area contributed by atoms with E-state index in [2.05, 4.69) is 9.72 Å². The monoisotopic (exact) mass is 246 g/mol. The molecule has 0 aliphatic heterocycles. The van der Waals surface area contributed by atoms with Gasteiger partial charge in [-0.05, 0) is 5.56 Å². The largest absolute Gasteiger partial charge is 0.481 e. The van der Waals surface area contributed by atoms with Gasteiger partial charge in [-0.2, -0.15) is 0 Å². The highest BCUT2D eigenvalue weighted by Gasteiger charge is 2.25. The Bertz CT molecular complexity index is 424. The Labute approximate surface area is 96.5 Å². The summed E-state index contributed by atoms with van der Waals surface area (Å²) in [5, 5.41) is 0. The minimum Gasteiger partial charge on any atom is -0.481 e. The molecule has 1 aromatic heterocycles.